The van der Waals surface area contributed by atoms with Gasteiger partial charge in [0.25, 0.3) is 5.91 Å². The Kier molecular flexibility index (Phi) is 8.11. The number of carbonyl (C=O) groups excluding carboxylic acids is 2. The molecule has 0 saturated carbocycles. The Bertz CT molecular complexity index is 1350. The first kappa shape index (κ1) is 27.0. The minimum Gasteiger partial charge on any atom is -0.322 e. The van der Waals surface area contributed by atoms with Crippen LogP contribution in [0.25, 0.3) is 0 Å². The summed E-state index contributed by atoms with van der Waals surface area (Å²) < 4.78 is 0. The fraction of sp³-hybridized carbons (Fsp3) is 0.367. The second-order valence-corrected chi connectivity index (χ2v) is 13.2. The van der Waals surface area contributed by atoms with Gasteiger partial charge >= 0.3 is 0 Å². The third-order valence-corrected chi connectivity index (χ3v) is 9.19. The average Bonchev–Trinajstić information content (AvgIpc) is 3.20. The molecule has 4 rings (SSSR count). The second-order valence-electron chi connectivity index (χ2n) is 10.7. The Hall–Kier alpha value is -3.08. The fourth-order valence-corrected chi connectivity index (χ4v) is 6.77. The van der Waals surface area contributed by atoms with E-state index in [0.29, 0.717) is 27.7 Å². The average molecular weight is 532 g/mol. The molecule has 7 heteroatoms. The maximum absolute atomic E-state index is 13.1. The quantitative estimate of drug-likeness (QED) is 0.324. The van der Waals surface area contributed by atoms with E-state index < -0.39 is 0 Å². The van der Waals surface area contributed by atoms with Crippen molar-refractivity contribution < 1.29 is 9.59 Å². The number of anilines is 2. The number of thioether (sulfide) groups is 1. The van der Waals surface area contributed by atoms with Crippen LogP contribution in [0.3, 0.4) is 0 Å². The van der Waals surface area contributed by atoms with Gasteiger partial charge in [-0.3, -0.25) is 9.59 Å². The van der Waals surface area contributed by atoms with E-state index in [1.807, 2.05) is 50.2 Å². The SMILES string of the molecule is Cc1ccc(C(=O)Nc2cccc(SC(C)C(=O)Nc3sc4c(c3C#N)CCC(C(C)(C)C)C4)c2)cc1. The van der Waals surface area contributed by atoms with Gasteiger partial charge in [-0.1, -0.05) is 44.5 Å². The first-order valence-corrected chi connectivity index (χ1v) is 14.2. The van der Waals surface area contributed by atoms with Crippen molar-refractivity contribution in [2.75, 3.05) is 10.6 Å². The van der Waals surface area contributed by atoms with Gasteiger partial charge in [0, 0.05) is 21.0 Å². The molecule has 1 aliphatic rings. The largest absolute Gasteiger partial charge is 0.322 e. The Balaban J connectivity index is 1.41. The first-order valence-electron chi connectivity index (χ1n) is 12.6. The molecule has 5 nitrogen and oxygen atoms in total. The number of aryl methyl sites for hydroxylation is 1. The molecule has 2 amide bonds. The number of carbonyl (C=O) groups is 2. The summed E-state index contributed by atoms with van der Waals surface area (Å²) in [6, 6.07) is 17.3. The number of amides is 2. The van der Waals surface area contributed by atoms with Crippen molar-refractivity contribution in [2.24, 2.45) is 11.3 Å². The molecule has 0 radical (unpaired) electrons. The predicted octanol–water partition coefficient (Wildman–Crippen LogP) is 7.45. The van der Waals surface area contributed by atoms with Crippen LogP contribution in [-0.2, 0) is 17.6 Å². The van der Waals surface area contributed by atoms with Crippen molar-refractivity contribution in [3.63, 3.8) is 0 Å². The summed E-state index contributed by atoms with van der Waals surface area (Å²) in [7, 11) is 0. The molecule has 3 aromatic rings. The molecule has 0 saturated heterocycles. The predicted molar refractivity (Wildman–Crippen MR) is 154 cm³/mol. The molecule has 1 aliphatic carbocycles. The summed E-state index contributed by atoms with van der Waals surface area (Å²) in [5.74, 6) is 0.260. The van der Waals surface area contributed by atoms with Gasteiger partial charge in [-0.2, -0.15) is 5.26 Å². The number of nitrogens with zero attached hydrogens (tertiary/aromatic N) is 1. The molecule has 0 bridgehead atoms. The number of rotatable bonds is 6. The summed E-state index contributed by atoms with van der Waals surface area (Å²) in [5, 5.41) is 16.1. The third-order valence-electron chi connectivity index (χ3n) is 6.93. The van der Waals surface area contributed by atoms with Gasteiger partial charge in [0.15, 0.2) is 0 Å². The normalized spacial score (nSPS) is 15.8. The van der Waals surface area contributed by atoms with E-state index in [4.69, 9.17) is 0 Å². The fourth-order valence-electron chi connectivity index (χ4n) is 4.56. The molecule has 0 spiro atoms. The van der Waals surface area contributed by atoms with Crippen LogP contribution >= 0.6 is 23.1 Å². The van der Waals surface area contributed by atoms with Crippen molar-refractivity contribution >= 4 is 45.6 Å². The molecule has 0 fully saturated rings. The summed E-state index contributed by atoms with van der Waals surface area (Å²) in [5.41, 5.74) is 4.32. The molecule has 2 aromatic carbocycles. The van der Waals surface area contributed by atoms with E-state index in [1.54, 1.807) is 23.5 Å². The smallest absolute Gasteiger partial charge is 0.255 e. The van der Waals surface area contributed by atoms with E-state index >= 15 is 0 Å². The summed E-state index contributed by atoms with van der Waals surface area (Å²) in [6.07, 6.45) is 2.91. The van der Waals surface area contributed by atoms with Crippen molar-refractivity contribution in [1.29, 1.82) is 5.26 Å². The molecule has 1 aromatic heterocycles. The van der Waals surface area contributed by atoms with Gasteiger partial charge in [0.05, 0.1) is 10.8 Å². The zero-order valence-electron chi connectivity index (χ0n) is 22.0. The first-order chi connectivity index (χ1) is 17.5. The Morgan fingerprint density at radius 3 is 2.54 bits per heavy atom. The Morgan fingerprint density at radius 2 is 1.86 bits per heavy atom. The summed E-state index contributed by atoms with van der Waals surface area (Å²) in [4.78, 5) is 27.8. The van der Waals surface area contributed by atoms with Crippen molar-refractivity contribution in [3.8, 4) is 6.07 Å². The van der Waals surface area contributed by atoms with Gasteiger partial charge in [0.2, 0.25) is 5.91 Å². The lowest BCUT2D eigenvalue weighted by Gasteiger charge is -2.33. The molecule has 0 aliphatic heterocycles. The molecule has 37 heavy (non-hydrogen) atoms. The number of benzene rings is 2. The van der Waals surface area contributed by atoms with Crippen molar-refractivity contribution in [3.05, 3.63) is 75.7 Å². The number of thiophene rings is 1. The lowest BCUT2D eigenvalue weighted by atomic mass is 9.72. The molecule has 1 heterocycles. The van der Waals surface area contributed by atoms with Crippen molar-refractivity contribution in [2.45, 2.75) is 64.0 Å². The molecule has 2 atom stereocenters. The standard InChI is InChI=1S/C30H33N3O2S2/c1-18-9-11-20(12-10-18)28(35)32-22-7-6-8-23(16-22)36-19(2)27(34)33-29-25(17-31)24-14-13-21(30(3,4)5)15-26(24)37-29/h6-12,16,19,21H,13-15H2,1-5H3,(H,32,35)(H,33,34). The monoisotopic (exact) mass is 531 g/mol. The molecular weight excluding hydrogens is 498 g/mol. The molecule has 192 valence electrons. The highest BCUT2D eigenvalue weighted by Gasteiger charge is 2.32. The maximum Gasteiger partial charge on any atom is 0.255 e. The van der Waals surface area contributed by atoms with Gasteiger partial charge < -0.3 is 10.6 Å². The van der Waals surface area contributed by atoms with Gasteiger partial charge in [-0.25, -0.2) is 0 Å². The Labute approximate surface area is 227 Å². The highest BCUT2D eigenvalue weighted by molar-refractivity contribution is 8.00. The lowest BCUT2D eigenvalue weighted by Crippen LogP contribution is -2.26. The van der Waals surface area contributed by atoms with Crippen LogP contribution < -0.4 is 10.6 Å². The number of nitriles is 1. The topological polar surface area (TPSA) is 82.0 Å². The van der Waals surface area contributed by atoms with Crippen LogP contribution in [0.15, 0.2) is 53.4 Å². The number of hydrogen-bond donors (Lipinski definition) is 2. The third kappa shape index (κ3) is 6.44. The van der Waals surface area contributed by atoms with Gasteiger partial charge in [-0.05, 0) is 80.3 Å². The van der Waals surface area contributed by atoms with E-state index in [-0.39, 0.29) is 22.5 Å². The van der Waals surface area contributed by atoms with Crippen molar-refractivity contribution in [1.82, 2.24) is 0 Å². The lowest BCUT2D eigenvalue weighted by molar-refractivity contribution is -0.115. The van der Waals surface area contributed by atoms with Crippen LogP contribution in [-0.4, -0.2) is 17.1 Å². The zero-order valence-corrected chi connectivity index (χ0v) is 23.6. The van der Waals surface area contributed by atoms with E-state index in [2.05, 4.69) is 37.5 Å². The highest BCUT2D eigenvalue weighted by atomic mass is 32.2. The van der Waals surface area contributed by atoms with E-state index in [1.165, 1.54) is 16.6 Å². The van der Waals surface area contributed by atoms with Gasteiger partial charge in [0.1, 0.15) is 11.1 Å². The van der Waals surface area contributed by atoms with Crippen LogP contribution in [0.5, 0.6) is 0 Å². The summed E-state index contributed by atoms with van der Waals surface area (Å²) >= 11 is 2.98. The van der Waals surface area contributed by atoms with Crippen LogP contribution in [0.2, 0.25) is 0 Å². The molecule has 2 unspecified atom stereocenters. The molecule has 2 N–H and O–H groups in total. The van der Waals surface area contributed by atoms with Crippen LogP contribution in [0.1, 0.15) is 66.0 Å². The van der Waals surface area contributed by atoms with E-state index in [9.17, 15) is 14.9 Å². The minimum atomic E-state index is -0.379. The zero-order chi connectivity index (χ0) is 26.7. The maximum atomic E-state index is 13.1. The number of fused-ring (bicyclic) bond motifs is 1. The number of hydrogen-bond acceptors (Lipinski definition) is 5. The second kappa shape index (κ2) is 11.1. The molecular formula is C30H33N3O2S2. The van der Waals surface area contributed by atoms with Crippen LogP contribution in [0.4, 0.5) is 10.7 Å². The van der Waals surface area contributed by atoms with Gasteiger partial charge in [-0.15, -0.1) is 23.1 Å². The van der Waals surface area contributed by atoms with Crippen LogP contribution in [0, 0.1) is 29.6 Å². The Morgan fingerprint density at radius 1 is 1.14 bits per heavy atom. The highest BCUT2D eigenvalue weighted by Crippen LogP contribution is 2.44. The van der Waals surface area contributed by atoms with E-state index in [0.717, 1.165) is 35.3 Å². The summed E-state index contributed by atoms with van der Waals surface area (Å²) in [6.45, 7) is 10.6. The number of nitrogens with one attached hydrogen (secondary N) is 2. The minimum absolute atomic E-state index is 0.137.